The molecule has 1 unspecified atom stereocenters. The van der Waals surface area contributed by atoms with E-state index in [1.165, 1.54) is 4.90 Å². The number of imide groups is 1. The van der Waals surface area contributed by atoms with Gasteiger partial charge in [0, 0.05) is 11.4 Å². The number of carbonyl (C=O) groups is 3. The van der Waals surface area contributed by atoms with Gasteiger partial charge in [0.15, 0.2) is 0 Å². The number of amides is 3. The van der Waals surface area contributed by atoms with Gasteiger partial charge >= 0.3 is 6.09 Å². The van der Waals surface area contributed by atoms with Crippen LogP contribution in [-0.2, 0) is 11.2 Å². The molecule has 146 valence electrons. The lowest BCUT2D eigenvalue weighted by atomic mass is 10.0. The van der Waals surface area contributed by atoms with Crippen molar-refractivity contribution < 1.29 is 19.1 Å². The van der Waals surface area contributed by atoms with E-state index in [0.29, 0.717) is 17.7 Å². The van der Waals surface area contributed by atoms with Gasteiger partial charge in [0.2, 0.25) is 0 Å². The molecule has 1 atom stereocenters. The highest BCUT2D eigenvalue weighted by molar-refractivity contribution is 7.10. The summed E-state index contributed by atoms with van der Waals surface area (Å²) in [6, 6.07) is 8.47. The molecule has 4 rings (SSSR count). The Morgan fingerprint density at radius 1 is 1.14 bits per heavy atom. The Kier molecular flexibility index (Phi) is 4.50. The summed E-state index contributed by atoms with van der Waals surface area (Å²) >= 11 is 1.54. The summed E-state index contributed by atoms with van der Waals surface area (Å²) in [5.41, 5.74) is 1.37. The molecule has 0 saturated heterocycles. The predicted molar refractivity (Wildman–Crippen MR) is 106 cm³/mol. The molecule has 2 aromatic rings. The van der Waals surface area contributed by atoms with Crippen molar-refractivity contribution in [3.8, 4) is 0 Å². The molecule has 2 aliphatic heterocycles. The van der Waals surface area contributed by atoms with E-state index in [1.807, 2.05) is 32.2 Å². The van der Waals surface area contributed by atoms with Crippen molar-refractivity contribution >= 4 is 29.2 Å². The molecule has 0 spiro atoms. The van der Waals surface area contributed by atoms with Gasteiger partial charge in [-0.25, -0.2) is 4.79 Å². The normalized spacial score (nSPS) is 18.9. The van der Waals surface area contributed by atoms with Gasteiger partial charge in [0.05, 0.1) is 23.7 Å². The van der Waals surface area contributed by atoms with E-state index in [-0.39, 0.29) is 18.4 Å². The number of nitrogens with zero attached hydrogens (tertiary/aromatic N) is 2. The van der Waals surface area contributed by atoms with Crippen molar-refractivity contribution in [3.05, 3.63) is 57.3 Å². The van der Waals surface area contributed by atoms with E-state index in [2.05, 4.69) is 0 Å². The topological polar surface area (TPSA) is 66.9 Å². The molecule has 0 radical (unpaired) electrons. The second kappa shape index (κ2) is 6.74. The number of thiophene rings is 1. The molecule has 0 saturated carbocycles. The lowest BCUT2D eigenvalue weighted by molar-refractivity contribution is 0.0104. The Bertz CT molecular complexity index is 924. The zero-order chi connectivity index (χ0) is 20.1. The van der Waals surface area contributed by atoms with Crippen LogP contribution in [0.5, 0.6) is 0 Å². The van der Waals surface area contributed by atoms with Crippen LogP contribution in [0, 0.1) is 0 Å². The van der Waals surface area contributed by atoms with Crippen molar-refractivity contribution in [2.24, 2.45) is 0 Å². The maximum atomic E-state index is 12.8. The van der Waals surface area contributed by atoms with Crippen molar-refractivity contribution in [1.82, 2.24) is 9.80 Å². The molecule has 6 nitrogen and oxygen atoms in total. The molecular weight excluding hydrogens is 376 g/mol. The van der Waals surface area contributed by atoms with Crippen LogP contribution in [0.2, 0.25) is 0 Å². The van der Waals surface area contributed by atoms with Gasteiger partial charge in [-0.15, -0.1) is 11.3 Å². The van der Waals surface area contributed by atoms with Crippen molar-refractivity contribution in [2.75, 3.05) is 13.1 Å². The van der Waals surface area contributed by atoms with Crippen molar-refractivity contribution in [2.45, 2.75) is 38.8 Å². The first-order chi connectivity index (χ1) is 13.3. The average molecular weight is 398 g/mol. The monoisotopic (exact) mass is 398 g/mol. The fraction of sp³-hybridized carbons (Fsp3) is 0.381. The third-order valence-corrected chi connectivity index (χ3v) is 6.00. The summed E-state index contributed by atoms with van der Waals surface area (Å²) in [4.78, 5) is 42.4. The predicted octanol–water partition coefficient (Wildman–Crippen LogP) is 3.88. The second-order valence-corrected chi connectivity index (χ2v) is 8.96. The van der Waals surface area contributed by atoms with Crippen molar-refractivity contribution in [1.29, 1.82) is 0 Å². The Hall–Kier alpha value is -2.67. The quantitative estimate of drug-likeness (QED) is 0.720. The minimum absolute atomic E-state index is 0.124. The van der Waals surface area contributed by atoms with Crippen LogP contribution in [0.3, 0.4) is 0 Å². The molecule has 0 fully saturated rings. The van der Waals surface area contributed by atoms with Crippen LogP contribution < -0.4 is 0 Å². The molecule has 28 heavy (non-hydrogen) atoms. The first-order valence-corrected chi connectivity index (χ1v) is 10.2. The van der Waals surface area contributed by atoms with Crippen LogP contribution in [0.25, 0.3) is 0 Å². The third kappa shape index (κ3) is 3.20. The van der Waals surface area contributed by atoms with Gasteiger partial charge in [-0.3, -0.25) is 19.4 Å². The molecule has 2 aliphatic rings. The van der Waals surface area contributed by atoms with Crippen LogP contribution in [-0.4, -0.2) is 46.4 Å². The first kappa shape index (κ1) is 18.7. The number of fused-ring (bicyclic) bond motifs is 2. The third-order valence-electron chi connectivity index (χ3n) is 4.94. The smallest absolute Gasteiger partial charge is 0.410 e. The van der Waals surface area contributed by atoms with Crippen LogP contribution in [0.4, 0.5) is 4.79 Å². The first-order valence-electron chi connectivity index (χ1n) is 9.27. The van der Waals surface area contributed by atoms with Crippen LogP contribution in [0.1, 0.15) is 58.0 Å². The highest BCUT2D eigenvalue weighted by Gasteiger charge is 2.41. The molecule has 0 aliphatic carbocycles. The summed E-state index contributed by atoms with van der Waals surface area (Å²) in [5.74, 6) is -0.623. The molecule has 7 heteroatoms. The SMILES string of the molecule is CC(C)(C)OC(=O)N1CCc2ccsc2C1CN1C(=O)c2ccccc2C1=O. The second-order valence-electron chi connectivity index (χ2n) is 8.02. The van der Waals surface area contributed by atoms with Gasteiger partial charge in [0.25, 0.3) is 11.8 Å². The fourth-order valence-electron chi connectivity index (χ4n) is 3.68. The molecule has 0 bridgehead atoms. The van der Waals surface area contributed by atoms with Gasteiger partial charge in [-0.05, 0) is 56.3 Å². The fourth-order valence-corrected chi connectivity index (χ4v) is 4.74. The summed E-state index contributed by atoms with van der Waals surface area (Å²) in [6.45, 7) is 6.09. The number of hydrogen-bond donors (Lipinski definition) is 0. The molecule has 3 amide bonds. The lowest BCUT2D eigenvalue weighted by Crippen LogP contribution is -2.47. The Morgan fingerprint density at radius 2 is 1.79 bits per heavy atom. The molecular formula is C21H22N2O4S. The minimum Gasteiger partial charge on any atom is -0.444 e. The Labute approximate surface area is 167 Å². The number of hydrogen-bond acceptors (Lipinski definition) is 5. The van der Waals surface area contributed by atoms with Gasteiger partial charge in [-0.2, -0.15) is 0 Å². The van der Waals surface area contributed by atoms with Crippen molar-refractivity contribution in [3.63, 3.8) is 0 Å². The highest BCUT2D eigenvalue weighted by Crippen LogP contribution is 2.37. The van der Waals surface area contributed by atoms with E-state index in [1.54, 1.807) is 40.5 Å². The van der Waals surface area contributed by atoms with E-state index in [4.69, 9.17) is 4.74 Å². The Morgan fingerprint density at radius 3 is 2.39 bits per heavy atom. The van der Waals surface area contributed by atoms with Gasteiger partial charge in [0.1, 0.15) is 5.60 Å². The largest absolute Gasteiger partial charge is 0.444 e. The maximum absolute atomic E-state index is 12.8. The van der Waals surface area contributed by atoms with E-state index < -0.39 is 17.7 Å². The summed E-state index contributed by atoms with van der Waals surface area (Å²) in [6.07, 6.45) is 0.310. The Balaban J connectivity index is 1.65. The standard InChI is InChI=1S/C21H22N2O4S/c1-21(2,3)27-20(26)22-10-8-13-9-11-28-17(13)16(22)12-23-18(24)14-6-4-5-7-15(14)19(23)25/h4-7,9,11,16H,8,10,12H2,1-3H3. The minimum atomic E-state index is -0.618. The summed E-state index contributed by atoms with van der Waals surface area (Å²) in [5, 5.41) is 1.98. The molecule has 0 N–H and O–H groups in total. The number of rotatable bonds is 2. The van der Waals surface area contributed by atoms with E-state index >= 15 is 0 Å². The zero-order valence-electron chi connectivity index (χ0n) is 16.1. The molecule has 1 aromatic heterocycles. The van der Waals surface area contributed by atoms with E-state index in [9.17, 15) is 14.4 Å². The molecule has 1 aromatic carbocycles. The highest BCUT2D eigenvalue weighted by atomic mass is 32.1. The van der Waals surface area contributed by atoms with Gasteiger partial charge < -0.3 is 4.74 Å². The number of benzene rings is 1. The number of ether oxygens (including phenoxy) is 1. The summed E-state index contributed by atoms with van der Waals surface area (Å²) < 4.78 is 5.58. The zero-order valence-corrected chi connectivity index (χ0v) is 16.9. The lowest BCUT2D eigenvalue weighted by Gasteiger charge is -2.38. The van der Waals surface area contributed by atoms with Crippen LogP contribution in [0.15, 0.2) is 35.7 Å². The average Bonchev–Trinajstić information content (AvgIpc) is 3.20. The van der Waals surface area contributed by atoms with E-state index in [0.717, 1.165) is 16.9 Å². The summed E-state index contributed by atoms with van der Waals surface area (Å²) in [7, 11) is 0. The van der Waals surface area contributed by atoms with Gasteiger partial charge in [-0.1, -0.05) is 12.1 Å². The number of carbonyl (C=O) groups excluding carboxylic acids is 3. The van der Waals surface area contributed by atoms with Crippen LogP contribution >= 0.6 is 11.3 Å². The molecule has 3 heterocycles. The maximum Gasteiger partial charge on any atom is 0.410 e.